The standard InChI is InChI=1S/C12H18N4S2/c1-4-9(13)11(10-6-5-8(2)17-10)18-12-15-14-7-16(12)3/h5-7,9,11H,4,13H2,1-3H3. The van der Waals surface area contributed by atoms with Gasteiger partial charge in [0, 0.05) is 22.8 Å². The summed E-state index contributed by atoms with van der Waals surface area (Å²) in [4.78, 5) is 2.63. The van der Waals surface area contributed by atoms with E-state index < -0.39 is 0 Å². The van der Waals surface area contributed by atoms with E-state index in [1.165, 1.54) is 9.75 Å². The van der Waals surface area contributed by atoms with Crippen LogP contribution in [0.1, 0.15) is 28.3 Å². The van der Waals surface area contributed by atoms with Crippen LogP contribution in [-0.4, -0.2) is 20.8 Å². The molecule has 0 aliphatic rings. The molecule has 6 heteroatoms. The molecule has 98 valence electrons. The van der Waals surface area contributed by atoms with Gasteiger partial charge < -0.3 is 10.3 Å². The van der Waals surface area contributed by atoms with Crippen molar-refractivity contribution >= 4 is 23.1 Å². The van der Waals surface area contributed by atoms with E-state index in [0.29, 0.717) is 0 Å². The van der Waals surface area contributed by atoms with E-state index in [1.54, 1.807) is 18.1 Å². The van der Waals surface area contributed by atoms with Crippen LogP contribution in [0.2, 0.25) is 0 Å². The van der Waals surface area contributed by atoms with E-state index in [-0.39, 0.29) is 11.3 Å². The number of aromatic nitrogens is 3. The normalized spacial score (nSPS) is 14.7. The molecular formula is C12H18N4S2. The Hall–Kier alpha value is -0.850. The van der Waals surface area contributed by atoms with Crippen molar-refractivity contribution in [1.29, 1.82) is 0 Å². The molecule has 2 rings (SSSR count). The van der Waals surface area contributed by atoms with Crippen molar-refractivity contribution in [2.75, 3.05) is 0 Å². The lowest BCUT2D eigenvalue weighted by Crippen LogP contribution is -2.25. The molecule has 0 saturated carbocycles. The van der Waals surface area contributed by atoms with E-state index in [4.69, 9.17) is 5.73 Å². The number of nitrogens with two attached hydrogens (primary N) is 1. The first-order valence-corrected chi connectivity index (χ1v) is 7.64. The van der Waals surface area contributed by atoms with Crippen molar-refractivity contribution in [3.8, 4) is 0 Å². The fourth-order valence-electron chi connectivity index (χ4n) is 1.67. The van der Waals surface area contributed by atoms with Gasteiger partial charge in [0.1, 0.15) is 6.33 Å². The molecule has 2 atom stereocenters. The summed E-state index contributed by atoms with van der Waals surface area (Å²) in [5.41, 5.74) is 6.25. The molecule has 18 heavy (non-hydrogen) atoms. The second-order valence-corrected chi connectivity index (χ2v) is 6.71. The average molecular weight is 282 g/mol. The topological polar surface area (TPSA) is 56.7 Å². The van der Waals surface area contributed by atoms with Gasteiger partial charge in [-0.05, 0) is 25.5 Å². The lowest BCUT2D eigenvalue weighted by molar-refractivity contribution is 0.636. The van der Waals surface area contributed by atoms with Crippen molar-refractivity contribution in [3.63, 3.8) is 0 Å². The lowest BCUT2D eigenvalue weighted by Gasteiger charge is -2.20. The zero-order valence-electron chi connectivity index (χ0n) is 10.8. The van der Waals surface area contributed by atoms with Gasteiger partial charge in [-0.1, -0.05) is 18.7 Å². The third-order valence-corrected chi connectivity index (χ3v) is 5.47. The number of nitrogens with zero attached hydrogens (tertiary/aromatic N) is 3. The lowest BCUT2D eigenvalue weighted by atomic mass is 10.1. The van der Waals surface area contributed by atoms with Crippen molar-refractivity contribution in [1.82, 2.24) is 14.8 Å². The number of hydrogen-bond acceptors (Lipinski definition) is 5. The average Bonchev–Trinajstić information content (AvgIpc) is 2.94. The highest BCUT2D eigenvalue weighted by Crippen LogP contribution is 2.39. The molecule has 0 saturated heterocycles. The minimum atomic E-state index is 0.129. The van der Waals surface area contributed by atoms with Crippen molar-refractivity contribution in [2.45, 2.75) is 36.7 Å². The molecule has 0 aliphatic carbocycles. The Bertz CT molecular complexity index is 506. The maximum atomic E-state index is 6.25. The van der Waals surface area contributed by atoms with Crippen molar-refractivity contribution in [2.24, 2.45) is 12.8 Å². The summed E-state index contributed by atoms with van der Waals surface area (Å²) in [6.45, 7) is 4.24. The summed E-state index contributed by atoms with van der Waals surface area (Å²) in [5.74, 6) is 0. The Morgan fingerprint density at radius 3 is 2.78 bits per heavy atom. The Kier molecular flexibility index (Phi) is 4.42. The monoisotopic (exact) mass is 282 g/mol. The van der Waals surface area contributed by atoms with Gasteiger partial charge in [0.15, 0.2) is 5.16 Å². The molecule has 0 fully saturated rings. The van der Waals surface area contributed by atoms with E-state index >= 15 is 0 Å². The van der Waals surface area contributed by atoms with E-state index in [0.717, 1.165) is 11.6 Å². The van der Waals surface area contributed by atoms with Crippen molar-refractivity contribution < 1.29 is 0 Å². The van der Waals surface area contributed by atoms with Crippen LogP contribution in [0, 0.1) is 6.92 Å². The number of thioether (sulfide) groups is 1. The van der Waals surface area contributed by atoms with Gasteiger partial charge >= 0.3 is 0 Å². The maximum Gasteiger partial charge on any atom is 0.191 e. The zero-order chi connectivity index (χ0) is 13.1. The molecule has 2 heterocycles. The van der Waals surface area contributed by atoms with Gasteiger partial charge in [-0.25, -0.2) is 0 Å². The first-order chi connectivity index (χ1) is 8.61. The molecule has 2 N–H and O–H groups in total. The van der Waals surface area contributed by atoms with E-state index in [9.17, 15) is 0 Å². The molecule has 4 nitrogen and oxygen atoms in total. The summed E-state index contributed by atoms with van der Waals surface area (Å²) in [6.07, 6.45) is 2.67. The van der Waals surface area contributed by atoms with E-state index in [2.05, 4.69) is 36.2 Å². The first-order valence-electron chi connectivity index (χ1n) is 5.94. The SMILES string of the molecule is CCC(N)C(Sc1nncn1C)c1ccc(C)s1. The van der Waals surface area contributed by atoms with Gasteiger partial charge in [-0.3, -0.25) is 0 Å². The predicted octanol–water partition coefficient (Wildman–Crippen LogP) is 2.76. The van der Waals surface area contributed by atoms with Gasteiger partial charge in [0.2, 0.25) is 0 Å². The second-order valence-electron chi connectivity index (χ2n) is 4.28. The van der Waals surface area contributed by atoms with Crippen LogP contribution < -0.4 is 5.73 Å². The van der Waals surface area contributed by atoms with Gasteiger partial charge in [0.05, 0.1) is 5.25 Å². The zero-order valence-corrected chi connectivity index (χ0v) is 12.5. The highest BCUT2D eigenvalue weighted by molar-refractivity contribution is 7.99. The summed E-state index contributed by atoms with van der Waals surface area (Å²) in [6, 6.07) is 4.45. The summed E-state index contributed by atoms with van der Waals surface area (Å²) in [7, 11) is 1.95. The van der Waals surface area contributed by atoms with Crippen LogP contribution in [0.5, 0.6) is 0 Å². The fraction of sp³-hybridized carbons (Fsp3) is 0.500. The highest BCUT2D eigenvalue weighted by atomic mass is 32.2. The minimum Gasteiger partial charge on any atom is -0.326 e. The minimum absolute atomic E-state index is 0.129. The quantitative estimate of drug-likeness (QED) is 0.857. The highest BCUT2D eigenvalue weighted by Gasteiger charge is 2.23. The molecule has 0 amide bonds. The summed E-state index contributed by atoms with van der Waals surface area (Å²) in [5, 5.41) is 9.20. The number of aryl methyl sites for hydroxylation is 2. The van der Waals surface area contributed by atoms with Crippen LogP contribution >= 0.6 is 23.1 Å². The van der Waals surface area contributed by atoms with E-state index in [1.807, 2.05) is 23.0 Å². The Morgan fingerprint density at radius 1 is 1.50 bits per heavy atom. The Morgan fingerprint density at radius 2 is 2.28 bits per heavy atom. The predicted molar refractivity (Wildman–Crippen MR) is 76.9 cm³/mol. The smallest absolute Gasteiger partial charge is 0.191 e. The first kappa shape index (κ1) is 13.6. The molecule has 2 aromatic rings. The maximum absolute atomic E-state index is 6.25. The van der Waals surface area contributed by atoms with Gasteiger partial charge in [-0.15, -0.1) is 21.5 Å². The molecule has 2 aromatic heterocycles. The molecule has 0 bridgehead atoms. The number of thiophene rings is 1. The third kappa shape index (κ3) is 2.93. The molecule has 0 aliphatic heterocycles. The molecule has 0 spiro atoms. The van der Waals surface area contributed by atoms with Crippen LogP contribution in [0.25, 0.3) is 0 Å². The van der Waals surface area contributed by atoms with Crippen LogP contribution in [0.4, 0.5) is 0 Å². The second kappa shape index (κ2) is 5.86. The Labute approximate surface area is 116 Å². The number of rotatable bonds is 5. The molecule has 0 radical (unpaired) electrons. The summed E-state index contributed by atoms with van der Waals surface area (Å²) >= 11 is 3.50. The van der Waals surface area contributed by atoms with Gasteiger partial charge in [0.25, 0.3) is 0 Å². The van der Waals surface area contributed by atoms with Crippen molar-refractivity contribution in [3.05, 3.63) is 28.2 Å². The number of hydrogen-bond donors (Lipinski definition) is 1. The third-order valence-electron chi connectivity index (χ3n) is 2.80. The van der Waals surface area contributed by atoms with Crippen LogP contribution in [-0.2, 0) is 7.05 Å². The summed E-state index contributed by atoms with van der Waals surface area (Å²) < 4.78 is 1.93. The van der Waals surface area contributed by atoms with Crippen LogP contribution in [0.15, 0.2) is 23.6 Å². The van der Waals surface area contributed by atoms with Gasteiger partial charge in [-0.2, -0.15) is 0 Å². The molecular weight excluding hydrogens is 264 g/mol. The Balaban J connectivity index is 2.23. The molecule has 0 aromatic carbocycles. The molecule has 2 unspecified atom stereocenters. The largest absolute Gasteiger partial charge is 0.326 e. The van der Waals surface area contributed by atoms with Crippen LogP contribution in [0.3, 0.4) is 0 Å². The fourth-order valence-corrected chi connectivity index (χ4v) is 3.99.